The molecule has 0 spiro atoms. The number of hydrogen-bond donors (Lipinski definition) is 4. The Morgan fingerprint density at radius 2 is 0.985 bits per heavy atom. The van der Waals surface area contributed by atoms with Gasteiger partial charge in [0.15, 0.2) is 11.6 Å². The van der Waals surface area contributed by atoms with Crippen LogP contribution < -0.4 is 21.3 Å². The van der Waals surface area contributed by atoms with Gasteiger partial charge in [-0.3, -0.25) is 28.8 Å². The lowest BCUT2D eigenvalue weighted by molar-refractivity contribution is -0.137. The van der Waals surface area contributed by atoms with Crippen LogP contribution in [-0.2, 0) is 25.4 Å². The standard InChI is InChI=1S/C43H32Cl5F3N8O6/c1-19-15-33(55-42(65)38(22(4)61)59-57-34-16-23(11-13-26(34)45)39(62)52-30-9-5-7-25(44)20(30)2)29(48)18-32(19)54-41(64)37(21(3)60)58-56-35-17-24(12-14-27(35)46)40(63)53-31-10-6-8-28(47)36(31)43(49,50)51/h5-18,37-38H,1-4H3,(H,52,62)(H,53,63)(H,54,64)(H,55,65). The first-order valence-electron chi connectivity index (χ1n) is 18.6. The number of azo groups is 2. The van der Waals surface area contributed by atoms with Crippen molar-refractivity contribution in [3.63, 3.8) is 0 Å². The Hall–Kier alpha value is -6.24. The first-order valence-corrected chi connectivity index (χ1v) is 20.5. The summed E-state index contributed by atoms with van der Waals surface area (Å²) in [6, 6.07) is 15.1. The van der Waals surface area contributed by atoms with Gasteiger partial charge in [0.05, 0.1) is 37.0 Å². The Balaban J connectivity index is 1.28. The number of ketones is 2. The number of rotatable bonds is 14. The third-order valence-corrected chi connectivity index (χ3v) is 10.8. The van der Waals surface area contributed by atoms with Gasteiger partial charge in [0.25, 0.3) is 23.6 Å². The van der Waals surface area contributed by atoms with Gasteiger partial charge < -0.3 is 21.3 Å². The topological polar surface area (TPSA) is 200 Å². The molecular formula is C43H32Cl5F3N8O6. The van der Waals surface area contributed by atoms with Crippen molar-refractivity contribution in [3.05, 3.63) is 138 Å². The minimum atomic E-state index is -4.88. The number of anilines is 4. The van der Waals surface area contributed by atoms with Crippen LogP contribution in [0.1, 0.15) is 51.3 Å². The van der Waals surface area contributed by atoms with Gasteiger partial charge in [-0.25, -0.2) is 0 Å². The van der Waals surface area contributed by atoms with E-state index in [0.29, 0.717) is 21.8 Å². The van der Waals surface area contributed by atoms with E-state index in [0.717, 1.165) is 32.0 Å². The van der Waals surface area contributed by atoms with Crippen molar-refractivity contribution >= 4 is 127 Å². The van der Waals surface area contributed by atoms with Crippen LogP contribution >= 0.6 is 58.0 Å². The molecule has 4 N–H and O–H groups in total. The van der Waals surface area contributed by atoms with Gasteiger partial charge >= 0.3 is 6.18 Å². The van der Waals surface area contributed by atoms with Gasteiger partial charge in [-0.05, 0) is 112 Å². The molecule has 14 nitrogen and oxygen atoms in total. The molecule has 2 unspecified atom stereocenters. The van der Waals surface area contributed by atoms with Gasteiger partial charge in [0, 0.05) is 27.5 Å². The normalized spacial score (nSPS) is 12.4. The highest BCUT2D eigenvalue weighted by Gasteiger charge is 2.36. The number of hydrogen-bond acceptors (Lipinski definition) is 10. The van der Waals surface area contributed by atoms with Crippen LogP contribution in [0.4, 0.5) is 47.3 Å². The zero-order valence-corrected chi connectivity index (χ0v) is 37.8. The number of halogens is 8. The molecule has 0 aliphatic carbocycles. The first kappa shape index (κ1) is 49.8. The van der Waals surface area contributed by atoms with Crippen LogP contribution in [0.2, 0.25) is 25.1 Å². The van der Waals surface area contributed by atoms with E-state index >= 15 is 0 Å². The number of amides is 4. The second kappa shape index (κ2) is 21.2. The zero-order valence-electron chi connectivity index (χ0n) is 34.0. The molecule has 0 heterocycles. The number of benzene rings is 5. The average Bonchev–Trinajstić information content (AvgIpc) is 3.22. The lowest BCUT2D eigenvalue weighted by atomic mass is 10.1. The number of carbonyl (C=O) groups is 6. The number of alkyl halides is 3. The maximum Gasteiger partial charge on any atom is 0.419 e. The summed E-state index contributed by atoms with van der Waals surface area (Å²) in [6.07, 6.45) is -4.88. The molecule has 0 saturated carbocycles. The zero-order chi connectivity index (χ0) is 47.9. The second-order valence-corrected chi connectivity index (χ2v) is 15.9. The molecule has 22 heteroatoms. The van der Waals surface area contributed by atoms with E-state index in [1.165, 1.54) is 55.5 Å². The number of nitrogens with one attached hydrogen (secondary N) is 4. The van der Waals surface area contributed by atoms with Gasteiger partial charge in [-0.15, -0.1) is 0 Å². The quantitative estimate of drug-likeness (QED) is 0.0630. The van der Waals surface area contributed by atoms with E-state index in [-0.39, 0.29) is 48.9 Å². The van der Waals surface area contributed by atoms with Crippen molar-refractivity contribution in [2.24, 2.45) is 20.5 Å². The Labute approximate surface area is 392 Å². The van der Waals surface area contributed by atoms with Crippen molar-refractivity contribution in [2.75, 3.05) is 21.3 Å². The molecule has 65 heavy (non-hydrogen) atoms. The summed E-state index contributed by atoms with van der Waals surface area (Å²) < 4.78 is 40.9. The minimum Gasteiger partial charge on any atom is -0.323 e. The van der Waals surface area contributed by atoms with Crippen LogP contribution in [0.15, 0.2) is 105 Å². The fourth-order valence-corrected chi connectivity index (χ4v) is 6.68. The summed E-state index contributed by atoms with van der Waals surface area (Å²) >= 11 is 30.9. The fourth-order valence-electron chi connectivity index (χ4n) is 5.70. The van der Waals surface area contributed by atoms with Gasteiger partial charge in [-0.1, -0.05) is 70.1 Å². The van der Waals surface area contributed by atoms with E-state index < -0.39 is 69.7 Å². The maximum absolute atomic E-state index is 13.6. The van der Waals surface area contributed by atoms with Crippen molar-refractivity contribution in [1.29, 1.82) is 0 Å². The predicted molar refractivity (Wildman–Crippen MR) is 243 cm³/mol. The highest BCUT2D eigenvalue weighted by atomic mass is 35.5. The number of Topliss-reactive ketones (excluding diaryl/α,β-unsaturated/α-hetero) is 2. The summed E-state index contributed by atoms with van der Waals surface area (Å²) in [6.45, 7) is 5.44. The molecule has 2 atom stereocenters. The number of carbonyl (C=O) groups excluding carboxylic acids is 6. The van der Waals surface area contributed by atoms with Crippen LogP contribution in [0, 0.1) is 13.8 Å². The lowest BCUT2D eigenvalue weighted by Gasteiger charge is -2.16. The summed E-state index contributed by atoms with van der Waals surface area (Å²) in [4.78, 5) is 77.9. The highest BCUT2D eigenvalue weighted by Crippen LogP contribution is 2.40. The molecule has 0 bridgehead atoms. The van der Waals surface area contributed by atoms with Crippen LogP contribution in [-0.4, -0.2) is 47.3 Å². The van der Waals surface area contributed by atoms with E-state index in [1.54, 1.807) is 25.1 Å². The van der Waals surface area contributed by atoms with E-state index in [2.05, 4.69) is 41.7 Å². The summed E-state index contributed by atoms with van der Waals surface area (Å²) in [7, 11) is 0. The smallest absolute Gasteiger partial charge is 0.323 e. The Bertz CT molecular complexity index is 2820. The molecule has 336 valence electrons. The van der Waals surface area contributed by atoms with Crippen molar-refractivity contribution in [1.82, 2.24) is 0 Å². The molecule has 0 aliphatic heterocycles. The summed E-state index contributed by atoms with van der Waals surface area (Å²) in [5, 5.41) is 25.2. The largest absolute Gasteiger partial charge is 0.419 e. The van der Waals surface area contributed by atoms with Crippen LogP contribution in [0.25, 0.3) is 0 Å². The Kier molecular flexibility index (Phi) is 16.2. The van der Waals surface area contributed by atoms with Crippen molar-refractivity contribution < 1.29 is 41.9 Å². The lowest BCUT2D eigenvalue weighted by Crippen LogP contribution is -2.32. The van der Waals surface area contributed by atoms with Crippen LogP contribution in [0.3, 0.4) is 0 Å². The Morgan fingerprint density at radius 1 is 0.523 bits per heavy atom. The molecular weight excluding hydrogens is 959 g/mol. The molecule has 5 rings (SSSR count). The van der Waals surface area contributed by atoms with Crippen molar-refractivity contribution in [2.45, 2.75) is 46.0 Å². The van der Waals surface area contributed by atoms with Gasteiger partial charge in [-0.2, -0.15) is 33.6 Å². The molecule has 4 amide bonds. The van der Waals surface area contributed by atoms with Crippen LogP contribution in [0.5, 0.6) is 0 Å². The summed E-state index contributed by atoms with van der Waals surface area (Å²) in [5.74, 6) is -4.88. The third kappa shape index (κ3) is 12.5. The first-order chi connectivity index (χ1) is 30.5. The second-order valence-electron chi connectivity index (χ2n) is 13.9. The van der Waals surface area contributed by atoms with Crippen molar-refractivity contribution in [3.8, 4) is 0 Å². The number of nitrogens with zero attached hydrogens (tertiary/aromatic N) is 4. The highest BCUT2D eigenvalue weighted by molar-refractivity contribution is 6.35. The maximum atomic E-state index is 13.6. The van der Waals surface area contributed by atoms with Gasteiger partial charge in [0.1, 0.15) is 11.4 Å². The van der Waals surface area contributed by atoms with E-state index in [1.807, 2.05) is 0 Å². The molecule has 0 aliphatic rings. The third-order valence-electron chi connectivity index (χ3n) is 9.14. The SMILES string of the molecule is CC(=O)C(N=Nc1cc(C(=O)Nc2cccc(Cl)c2C(F)(F)F)ccc1Cl)C(=O)Nc1cc(Cl)c(NC(=O)C(N=Nc2cc(C(=O)Nc3cccc(Cl)c3C)ccc2Cl)C(C)=O)cc1C. The van der Waals surface area contributed by atoms with E-state index in [9.17, 15) is 41.9 Å². The number of aryl methyl sites for hydroxylation is 1. The predicted octanol–water partition coefficient (Wildman–Crippen LogP) is 12.5. The van der Waals surface area contributed by atoms with E-state index in [4.69, 9.17) is 58.0 Å². The minimum absolute atomic E-state index is 0.00739. The molecule has 5 aromatic rings. The molecule has 0 fully saturated rings. The Morgan fingerprint density at radius 3 is 1.48 bits per heavy atom. The fraction of sp³-hybridized carbons (Fsp3) is 0.163. The van der Waals surface area contributed by atoms with Gasteiger partial charge in [0.2, 0.25) is 12.1 Å². The average molecular weight is 991 g/mol. The summed E-state index contributed by atoms with van der Waals surface area (Å²) in [5.41, 5.74) is -0.590. The molecule has 0 radical (unpaired) electrons. The molecule has 5 aromatic carbocycles. The molecule has 0 aromatic heterocycles. The molecule has 0 saturated heterocycles. The monoisotopic (exact) mass is 988 g/mol.